The lowest BCUT2D eigenvalue weighted by atomic mass is 10.1. The highest BCUT2D eigenvalue weighted by atomic mass is 16.5. The van der Waals surface area contributed by atoms with Gasteiger partial charge in [0.2, 0.25) is 0 Å². The van der Waals surface area contributed by atoms with Crippen molar-refractivity contribution >= 4 is 29.6 Å². The summed E-state index contributed by atoms with van der Waals surface area (Å²) in [6.07, 6.45) is 2.16. The number of amides is 3. The van der Waals surface area contributed by atoms with Gasteiger partial charge in [-0.15, -0.1) is 0 Å². The number of nitrogens with zero attached hydrogens (tertiary/aromatic N) is 1. The van der Waals surface area contributed by atoms with E-state index in [9.17, 15) is 14.4 Å². The van der Waals surface area contributed by atoms with Gasteiger partial charge >= 0.3 is 11.8 Å². The summed E-state index contributed by atoms with van der Waals surface area (Å²) in [5.74, 6) is -1.20. The molecule has 2 rings (SSSR count). The number of carbonyl (C=O) groups is 3. The Kier molecular flexibility index (Phi) is 11.1. The number of para-hydroxylation sites is 1. The van der Waals surface area contributed by atoms with Gasteiger partial charge in [-0.25, -0.2) is 5.43 Å². The summed E-state index contributed by atoms with van der Waals surface area (Å²) in [5, 5.41) is 9.03. The van der Waals surface area contributed by atoms with Gasteiger partial charge in [0, 0.05) is 19.3 Å². The predicted molar refractivity (Wildman–Crippen MR) is 128 cm³/mol. The highest BCUT2D eigenvalue weighted by Crippen LogP contribution is 2.28. The normalized spacial score (nSPS) is 10.6. The maximum Gasteiger partial charge on any atom is 0.329 e. The third-order valence-electron chi connectivity index (χ3n) is 4.48. The van der Waals surface area contributed by atoms with Crippen molar-refractivity contribution in [3.63, 3.8) is 0 Å². The summed E-state index contributed by atoms with van der Waals surface area (Å²) in [4.78, 5) is 35.7. The SMILES string of the molecule is CCOc1cc(/C=N\NC(=O)C(=O)NCCOC)ccc1OCC(=O)Nc1ccccc1CC. The number of rotatable bonds is 12. The molecule has 182 valence electrons. The molecule has 10 nitrogen and oxygen atoms in total. The zero-order valence-electron chi connectivity index (χ0n) is 19.6. The predicted octanol–water partition coefficient (Wildman–Crippen LogP) is 1.88. The number of ether oxygens (including phenoxy) is 3. The van der Waals surface area contributed by atoms with Crippen LogP contribution in [0.25, 0.3) is 0 Å². The molecule has 0 spiro atoms. The van der Waals surface area contributed by atoms with Gasteiger partial charge in [0.25, 0.3) is 5.91 Å². The molecule has 0 aliphatic carbocycles. The Hall–Kier alpha value is -3.92. The maximum absolute atomic E-state index is 12.4. The molecule has 0 aliphatic rings. The lowest BCUT2D eigenvalue weighted by molar-refractivity contribution is -0.139. The summed E-state index contributed by atoms with van der Waals surface area (Å²) in [6, 6.07) is 12.6. The summed E-state index contributed by atoms with van der Waals surface area (Å²) >= 11 is 0. The van der Waals surface area contributed by atoms with Crippen LogP contribution in [0.4, 0.5) is 5.69 Å². The molecule has 2 aromatic carbocycles. The first-order valence-corrected chi connectivity index (χ1v) is 10.9. The second-order valence-corrected chi connectivity index (χ2v) is 6.93. The van der Waals surface area contributed by atoms with Gasteiger partial charge in [-0.2, -0.15) is 5.10 Å². The molecule has 0 bridgehead atoms. The highest BCUT2D eigenvalue weighted by molar-refractivity contribution is 6.35. The molecule has 3 N–H and O–H groups in total. The van der Waals surface area contributed by atoms with Crippen molar-refractivity contribution in [2.75, 3.05) is 38.8 Å². The third-order valence-corrected chi connectivity index (χ3v) is 4.48. The van der Waals surface area contributed by atoms with E-state index in [1.165, 1.54) is 13.3 Å². The molecule has 2 aromatic rings. The number of methoxy groups -OCH3 is 1. The number of carbonyl (C=O) groups excluding carboxylic acids is 3. The quantitative estimate of drug-likeness (QED) is 0.188. The number of hydrogen-bond acceptors (Lipinski definition) is 7. The van der Waals surface area contributed by atoms with E-state index in [4.69, 9.17) is 14.2 Å². The van der Waals surface area contributed by atoms with Gasteiger partial charge in [-0.3, -0.25) is 14.4 Å². The van der Waals surface area contributed by atoms with E-state index < -0.39 is 11.8 Å². The number of anilines is 1. The van der Waals surface area contributed by atoms with Gasteiger partial charge in [0.15, 0.2) is 18.1 Å². The molecular formula is C24H30N4O6. The van der Waals surface area contributed by atoms with Crippen molar-refractivity contribution < 1.29 is 28.6 Å². The fraction of sp³-hybridized carbons (Fsp3) is 0.333. The molecule has 0 radical (unpaired) electrons. The van der Waals surface area contributed by atoms with Crippen LogP contribution in [0.1, 0.15) is 25.0 Å². The molecule has 34 heavy (non-hydrogen) atoms. The van der Waals surface area contributed by atoms with Crippen molar-refractivity contribution in [2.24, 2.45) is 5.10 Å². The minimum absolute atomic E-state index is 0.195. The average Bonchev–Trinajstić information content (AvgIpc) is 2.84. The summed E-state index contributed by atoms with van der Waals surface area (Å²) < 4.78 is 16.1. The Labute approximate surface area is 198 Å². The number of hydrogen-bond donors (Lipinski definition) is 3. The van der Waals surface area contributed by atoms with Gasteiger partial charge in [0.1, 0.15) is 0 Å². The van der Waals surface area contributed by atoms with Crippen LogP contribution in [0.3, 0.4) is 0 Å². The molecule has 0 aromatic heterocycles. The number of aryl methyl sites for hydroxylation is 1. The van der Waals surface area contributed by atoms with E-state index in [0.29, 0.717) is 30.3 Å². The van der Waals surface area contributed by atoms with Gasteiger partial charge in [-0.05, 0) is 48.7 Å². The maximum atomic E-state index is 12.4. The van der Waals surface area contributed by atoms with E-state index in [2.05, 4.69) is 21.2 Å². The minimum Gasteiger partial charge on any atom is -0.490 e. The fourth-order valence-corrected chi connectivity index (χ4v) is 2.84. The van der Waals surface area contributed by atoms with Crippen molar-refractivity contribution in [2.45, 2.75) is 20.3 Å². The molecular weight excluding hydrogens is 440 g/mol. The Bertz CT molecular complexity index is 1010. The first kappa shape index (κ1) is 26.3. The van der Waals surface area contributed by atoms with E-state index >= 15 is 0 Å². The molecule has 0 saturated carbocycles. The first-order valence-electron chi connectivity index (χ1n) is 10.9. The highest BCUT2D eigenvalue weighted by Gasteiger charge is 2.12. The van der Waals surface area contributed by atoms with Crippen molar-refractivity contribution in [1.29, 1.82) is 0 Å². The molecule has 0 heterocycles. The standard InChI is InChI=1S/C24H30N4O6/c1-4-18-8-6-7-9-19(18)27-22(29)16-34-20-11-10-17(14-21(20)33-5-2)15-26-28-24(31)23(30)25-12-13-32-3/h6-11,14-15H,4-5,12-13,16H2,1-3H3,(H,25,30)(H,27,29)(H,28,31)/b26-15-. The molecule has 10 heteroatoms. The van der Waals surface area contributed by atoms with Crippen LogP contribution in [0.15, 0.2) is 47.6 Å². The molecule has 0 unspecified atom stereocenters. The fourth-order valence-electron chi connectivity index (χ4n) is 2.84. The second-order valence-electron chi connectivity index (χ2n) is 6.93. The van der Waals surface area contributed by atoms with E-state index in [-0.39, 0.29) is 19.1 Å². The Balaban J connectivity index is 1.95. The monoisotopic (exact) mass is 470 g/mol. The van der Waals surface area contributed by atoms with Crippen molar-refractivity contribution in [1.82, 2.24) is 10.7 Å². The van der Waals surface area contributed by atoms with Crippen LogP contribution in [0, 0.1) is 0 Å². The molecule has 0 fully saturated rings. The minimum atomic E-state index is -0.895. The average molecular weight is 471 g/mol. The Morgan fingerprint density at radius 3 is 2.53 bits per heavy atom. The van der Waals surface area contributed by atoms with E-state index in [1.54, 1.807) is 18.2 Å². The second kappa shape index (κ2) is 14.3. The van der Waals surface area contributed by atoms with Crippen LogP contribution in [0.5, 0.6) is 11.5 Å². The zero-order valence-corrected chi connectivity index (χ0v) is 19.6. The van der Waals surface area contributed by atoms with Crippen LogP contribution >= 0.6 is 0 Å². The lowest BCUT2D eigenvalue weighted by Crippen LogP contribution is -2.39. The molecule has 0 saturated heterocycles. The third kappa shape index (κ3) is 8.55. The van der Waals surface area contributed by atoms with Crippen molar-refractivity contribution in [3.8, 4) is 11.5 Å². The van der Waals surface area contributed by atoms with Crippen molar-refractivity contribution in [3.05, 3.63) is 53.6 Å². The van der Waals surface area contributed by atoms with Gasteiger partial charge < -0.3 is 24.8 Å². The largest absolute Gasteiger partial charge is 0.490 e. The summed E-state index contributed by atoms with van der Waals surface area (Å²) in [7, 11) is 1.49. The van der Waals surface area contributed by atoms with E-state index in [0.717, 1.165) is 17.7 Å². The number of hydrazone groups is 1. The molecule has 0 aliphatic heterocycles. The molecule has 0 atom stereocenters. The first-order chi connectivity index (χ1) is 16.5. The summed E-state index contributed by atoms with van der Waals surface area (Å²) in [5.41, 5.74) is 4.53. The Morgan fingerprint density at radius 1 is 1.00 bits per heavy atom. The van der Waals surface area contributed by atoms with Crippen LogP contribution in [-0.2, 0) is 25.5 Å². The number of benzene rings is 2. The van der Waals surface area contributed by atoms with Gasteiger partial charge in [0.05, 0.1) is 19.4 Å². The summed E-state index contributed by atoms with van der Waals surface area (Å²) in [6.45, 7) is 4.54. The van der Waals surface area contributed by atoms with Crippen LogP contribution in [0.2, 0.25) is 0 Å². The smallest absolute Gasteiger partial charge is 0.329 e. The molecule has 3 amide bonds. The van der Waals surface area contributed by atoms with Crippen LogP contribution in [-0.4, -0.2) is 57.4 Å². The number of nitrogens with one attached hydrogen (secondary N) is 3. The van der Waals surface area contributed by atoms with E-state index in [1.807, 2.05) is 38.1 Å². The van der Waals surface area contributed by atoms with Crippen LogP contribution < -0.4 is 25.5 Å². The zero-order chi connectivity index (χ0) is 24.8. The Morgan fingerprint density at radius 2 is 1.79 bits per heavy atom. The lowest BCUT2D eigenvalue weighted by Gasteiger charge is -2.13. The van der Waals surface area contributed by atoms with Gasteiger partial charge in [-0.1, -0.05) is 25.1 Å². The topological polar surface area (TPSA) is 127 Å².